The van der Waals surface area contributed by atoms with Gasteiger partial charge in [0.05, 0.1) is 23.5 Å². The summed E-state index contributed by atoms with van der Waals surface area (Å²) in [6.07, 6.45) is 1.54. The van der Waals surface area contributed by atoms with E-state index >= 15 is 0 Å². The Labute approximate surface area is 155 Å². The van der Waals surface area contributed by atoms with Crippen molar-refractivity contribution in [3.63, 3.8) is 0 Å². The number of ether oxygens (including phenoxy) is 1. The number of carbonyl (C=O) groups excluding carboxylic acids is 1. The molecule has 0 aliphatic heterocycles. The number of para-hydroxylation sites is 1. The summed E-state index contributed by atoms with van der Waals surface area (Å²) >= 11 is 6.15. The average molecular weight is 369 g/mol. The lowest BCUT2D eigenvalue weighted by atomic mass is 10.1. The lowest BCUT2D eigenvalue weighted by molar-refractivity contribution is 0.0950. The Morgan fingerprint density at radius 1 is 1.27 bits per heavy atom. The van der Waals surface area contributed by atoms with Crippen molar-refractivity contribution < 1.29 is 9.53 Å². The summed E-state index contributed by atoms with van der Waals surface area (Å²) in [7, 11) is 0. The van der Waals surface area contributed by atoms with Crippen molar-refractivity contribution in [1.82, 2.24) is 15.6 Å². The van der Waals surface area contributed by atoms with Crippen LogP contribution < -0.4 is 10.2 Å². The van der Waals surface area contributed by atoms with Gasteiger partial charge in [-0.25, -0.2) is 5.43 Å². The maximum atomic E-state index is 12.2. The van der Waals surface area contributed by atoms with Crippen LogP contribution in [0.4, 0.5) is 0 Å². The van der Waals surface area contributed by atoms with E-state index in [0.717, 1.165) is 11.1 Å². The molecule has 0 saturated heterocycles. The fourth-order valence-corrected chi connectivity index (χ4v) is 2.57. The van der Waals surface area contributed by atoms with Gasteiger partial charge in [0.1, 0.15) is 11.4 Å². The van der Waals surface area contributed by atoms with Crippen LogP contribution in [0.5, 0.6) is 5.75 Å². The van der Waals surface area contributed by atoms with Crippen LogP contribution in [0.2, 0.25) is 5.02 Å². The van der Waals surface area contributed by atoms with Crippen LogP contribution in [-0.4, -0.2) is 28.9 Å². The third-order valence-electron chi connectivity index (χ3n) is 3.56. The van der Waals surface area contributed by atoms with Gasteiger partial charge in [-0.2, -0.15) is 10.2 Å². The SMILES string of the molecule is CCOc1ccccc1/C=N\NC(=O)c1cc(-c2ccccc2Cl)n[nH]1. The number of benzene rings is 2. The Bertz CT molecular complexity index is 937. The van der Waals surface area contributed by atoms with E-state index in [2.05, 4.69) is 20.7 Å². The number of aromatic nitrogens is 2. The molecule has 0 atom stereocenters. The van der Waals surface area contributed by atoms with Gasteiger partial charge in [0.2, 0.25) is 0 Å². The molecule has 3 aromatic rings. The Hall–Kier alpha value is -3.12. The van der Waals surface area contributed by atoms with E-state index in [9.17, 15) is 4.79 Å². The number of hydrogen-bond acceptors (Lipinski definition) is 4. The zero-order valence-electron chi connectivity index (χ0n) is 14.1. The molecular formula is C19H17ClN4O2. The van der Waals surface area contributed by atoms with Crippen LogP contribution in [0.3, 0.4) is 0 Å². The van der Waals surface area contributed by atoms with Gasteiger partial charge in [0.15, 0.2) is 0 Å². The van der Waals surface area contributed by atoms with E-state index in [1.807, 2.05) is 49.4 Å². The third-order valence-corrected chi connectivity index (χ3v) is 3.89. The summed E-state index contributed by atoms with van der Waals surface area (Å²) in [4.78, 5) is 12.2. The molecular weight excluding hydrogens is 352 g/mol. The van der Waals surface area contributed by atoms with Crippen molar-refractivity contribution in [1.29, 1.82) is 0 Å². The highest BCUT2D eigenvalue weighted by Crippen LogP contribution is 2.26. The first kappa shape index (κ1) is 17.7. The lowest BCUT2D eigenvalue weighted by Crippen LogP contribution is -2.18. The minimum absolute atomic E-state index is 0.287. The monoisotopic (exact) mass is 368 g/mol. The molecule has 0 saturated carbocycles. The summed E-state index contributed by atoms with van der Waals surface area (Å²) < 4.78 is 5.51. The number of hydrogen-bond donors (Lipinski definition) is 2. The minimum atomic E-state index is -0.402. The smallest absolute Gasteiger partial charge is 0.289 e. The molecule has 7 heteroatoms. The van der Waals surface area contributed by atoms with Crippen molar-refractivity contribution in [2.75, 3.05) is 6.61 Å². The lowest BCUT2D eigenvalue weighted by Gasteiger charge is -2.05. The minimum Gasteiger partial charge on any atom is -0.493 e. The van der Waals surface area contributed by atoms with E-state index in [4.69, 9.17) is 16.3 Å². The van der Waals surface area contributed by atoms with Crippen LogP contribution in [0.25, 0.3) is 11.3 Å². The van der Waals surface area contributed by atoms with E-state index in [-0.39, 0.29) is 5.69 Å². The molecule has 1 amide bonds. The first-order valence-electron chi connectivity index (χ1n) is 8.04. The fraction of sp³-hybridized carbons (Fsp3) is 0.105. The Balaban J connectivity index is 1.69. The molecule has 26 heavy (non-hydrogen) atoms. The van der Waals surface area contributed by atoms with Gasteiger partial charge in [-0.1, -0.05) is 41.9 Å². The molecule has 0 unspecified atom stereocenters. The first-order chi connectivity index (χ1) is 12.7. The second kappa shape index (κ2) is 8.31. The van der Waals surface area contributed by atoms with Gasteiger partial charge < -0.3 is 4.74 Å². The van der Waals surface area contributed by atoms with Crippen LogP contribution in [-0.2, 0) is 0 Å². The quantitative estimate of drug-likeness (QED) is 0.511. The molecule has 0 aliphatic carbocycles. The van der Waals surface area contributed by atoms with Crippen LogP contribution >= 0.6 is 11.6 Å². The molecule has 0 aliphatic rings. The second-order valence-corrected chi connectivity index (χ2v) is 5.72. The molecule has 0 bridgehead atoms. The van der Waals surface area contributed by atoms with Gasteiger partial charge in [-0.05, 0) is 31.2 Å². The van der Waals surface area contributed by atoms with Gasteiger partial charge in [0.25, 0.3) is 5.91 Å². The maximum Gasteiger partial charge on any atom is 0.289 e. The van der Waals surface area contributed by atoms with Gasteiger partial charge in [-0.3, -0.25) is 9.89 Å². The molecule has 6 nitrogen and oxygen atoms in total. The second-order valence-electron chi connectivity index (χ2n) is 5.32. The predicted molar refractivity (Wildman–Crippen MR) is 102 cm³/mol. The Morgan fingerprint density at radius 2 is 2.04 bits per heavy atom. The largest absolute Gasteiger partial charge is 0.493 e. The molecule has 3 rings (SSSR count). The van der Waals surface area contributed by atoms with E-state index in [1.165, 1.54) is 6.21 Å². The number of hydrazone groups is 1. The summed E-state index contributed by atoms with van der Waals surface area (Å²) in [6.45, 7) is 2.46. The average Bonchev–Trinajstić information content (AvgIpc) is 3.14. The van der Waals surface area contributed by atoms with Gasteiger partial charge >= 0.3 is 0 Å². The molecule has 2 N–H and O–H groups in total. The zero-order valence-corrected chi connectivity index (χ0v) is 14.8. The van der Waals surface area contributed by atoms with Crippen LogP contribution in [0, 0.1) is 0 Å². The summed E-state index contributed by atoms with van der Waals surface area (Å²) in [5, 5.41) is 11.4. The topological polar surface area (TPSA) is 79.4 Å². The fourth-order valence-electron chi connectivity index (χ4n) is 2.34. The number of rotatable bonds is 6. The molecule has 0 spiro atoms. The molecule has 1 heterocycles. The number of H-pyrrole nitrogens is 1. The van der Waals surface area contributed by atoms with Crippen molar-refractivity contribution in [3.8, 4) is 17.0 Å². The van der Waals surface area contributed by atoms with Crippen LogP contribution in [0.15, 0.2) is 59.7 Å². The summed E-state index contributed by atoms with van der Waals surface area (Å²) in [5.41, 5.74) is 4.87. The van der Waals surface area contributed by atoms with Crippen molar-refractivity contribution >= 4 is 23.7 Å². The molecule has 0 fully saturated rings. The van der Waals surface area contributed by atoms with Crippen molar-refractivity contribution in [3.05, 3.63) is 70.9 Å². The predicted octanol–water partition coefficient (Wildman–Crippen LogP) is 3.89. The number of aromatic amines is 1. The Morgan fingerprint density at radius 3 is 2.85 bits per heavy atom. The van der Waals surface area contributed by atoms with Crippen molar-refractivity contribution in [2.24, 2.45) is 5.10 Å². The van der Waals surface area contributed by atoms with E-state index in [1.54, 1.807) is 12.1 Å². The van der Waals surface area contributed by atoms with E-state index < -0.39 is 5.91 Å². The van der Waals surface area contributed by atoms with E-state index in [0.29, 0.717) is 23.1 Å². The third kappa shape index (κ3) is 4.10. The molecule has 132 valence electrons. The van der Waals surface area contributed by atoms with Crippen molar-refractivity contribution in [2.45, 2.75) is 6.92 Å². The van der Waals surface area contributed by atoms with Crippen LogP contribution in [0.1, 0.15) is 23.0 Å². The number of nitrogens with one attached hydrogen (secondary N) is 2. The molecule has 0 radical (unpaired) electrons. The normalized spacial score (nSPS) is 10.8. The summed E-state index contributed by atoms with van der Waals surface area (Å²) in [6, 6.07) is 16.4. The van der Waals surface area contributed by atoms with Gasteiger partial charge in [0, 0.05) is 11.1 Å². The summed E-state index contributed by atoms with van der Waals surface area (Å²) in [5.74, 6) is 0.302. The number of carbonyl (C=O) groups is 1. The standard InChI is InChI=1S/C19H17ClN4O2/c1-2-26-18-10-6-3-7-13(18)12-21-24-19(25)17-11-16(22-23-17)14-8-4-5-9-15(14)20/h3-12H,2H2,1H3,(H,22,23)(H,24,25)/b21-12-. The highest BCUT2D eigenvalue weighted by Gasteiger charge is 2.12. The molecule has 1 aromatic heterocycles. The number of halogens is 1. The van der Waals surface area contributed by atoms with Gasteiger partial charge in [-0.15, -0.1) is 0 Å². The first-order valence-corrected chi connectivity index (χ1v) is 8.42. The number of amides is 1. The number of nitrogens with zero attached hydrogens (tertiary/aromatic N) is 2. The maximum absolute atomic E-state index is 12.2. The Kier molecular flexibility index (Phi) is 5.66. The highest BCUT2D eigenvalue weighted by atomic mass is 35.5. The highest BCUT2D eigenvalue weighted by molar-refractivity contribution is 6.33. The zero-order chi connectivity index (χ0) is 18.4. The molecule has 2 aromatic carbocycles.